The van der Waals surface area contributed by atoms with Gasteiger partial charge in [-0.05, 0) is 61.0 Å². The predicted octanol–water partition coefficient (Wildman–Crippen LogP) is 5.28. The molecule has 0 aromatic heterocycles. The lowest BCUT2D eigenvalue weighted by atomic mass is 10.0. The standard InChI is InChI=1S/C26H19FO6/c1-4-24(28)31-21-13-14-22(23(27)15-21)17-5-7-18(8-6-17)26(30)33-20-11-9-19(10-12-20)32-25(29)16(2)3/h4-15H,1-2H2,3H3. The zero-order chi connectivity index (χ0) is 24.0. The van der Waals surface area contributed by atoms with E-state index >= 15 is 0 Å². The topological polar surface area (TPSA) is 78.9 Å². The van der Waals surface area contributed by atoms with Crippen molar-refractivity contribution in [1.29, 1.82) is 0 Å². The molecule has 0 saturated heterocycles. The maximum atomic E-state index is 14.4. The summed E-state index contributed by atoms with van der Waals surface area (Å²) in [5, 5.41) is 0. The molecule has 3 aromatic carbocycles. The third kappa shape index (κ3) is 6.01. The largest absolute Gasteiger partial charge is 0.423 e. The van der Waals surface area contributed by atoms with Gasteiger partial charge in [0.2, 0.25) is 0 Å². The molecular weight excluding hydrogens is 427 g/mol. The van der Waals surface area contributed by atoms with Crippen molar-refractivity contribution in [1.82, 2.24) is 0 Å². The van der Waals surface area contributed by atoms with Gasteiger partial charge in [-0.1, -0.05) is 25.3 Å². The van der Waals surface area contributed by atoms with E-state index in [0.29, 0.717) is 11.3 Å². The monoisotopic (exact) mass is 446 g/mol. The lowest BCUT2D eigenvalue weighted by Crippen LogP contribution is -2.09. The quantitative estimate of drug-likeness (QED) is 0.279. The number of benzene rings is 3. The number of ether oxygens (including phenoxy) is 3. The Balaban J connectivity index is 1.67. The molecule has 0 aliphatic heterocycles. The van der Waals surface area contributed by atoms with Gasteiger partial charge in [-0.2, -0.15) is 0 Å². The average molecular weight is 446 g/mol. The second kappa shape index (κ2) is 10.2. The molecule has 0 unspecified atom stereocenters. The maximum Gasteiger partial charge on any atom is 0.343 e. The van der Waals surface area contributed by atoms with Gasteiger partial charge in [0.05, 0.1) is 5.56 Å². The Morgan fingerprint density at radius 3 is 1.94 bits per heavy atom. The van der Waals surface area contributed by atoms with Crippen molar-refractivity contribution in [2.75, 3.05) is 0 Å². The van der Waals surface area contributed by atoms with Gasteiger partial charge in [0.1, 0.15) is 23.1 Å². The fourth-order valence-corrected chi connectivity index (χ4v) is 2.67. The Hall–Kier alpha value is -4.52. The van der Waals surface area contributed by atoms with Crippen LogP contribution in [-0.2, 0) is 9.59 Å². The number of rotatable bonds is 7. The van der Waals surface area contributed by atoms with Crippen LogP contribution < -0.4 is 14.2 Å². The van der Waals surface area contributed by atoms with E-state index in [1.165, 1.54) is 55.5 Å². The van der Waals surface area contributed by atoms with Crippen molar-refractivity contribution < 1.29 is 33.0 Å². The second-order valence-electron chi connectivity index (χ2n) is 6.87. The van der Waals surface area contributed by atoms with E-state index < -0.39 is 23.7 Å². The molecule has 0 radical (unpaired) electrons. The molecule has 0 saturated carbocycles. The van der Waals surface area contributed by atoms with Gasteiger partial charge in [0.25, 0.3) is 0 Å². The van der Waals surface area contributed by atoms with Crippen LogP contribution >= 0.6 is 0 Å². The van der Waals surface area contributed by atoms with Crippen LogP contribution in [0.15, 0.2) is 91.5 Å². The minimum absolute atomic E-state index is 0.0572. The Morgan fingerprint density at radius 1 is 0.818 bits per heavy atom. The number of carbonyl (C=O) groups is 3. The summed E-state index contributed by atoms with van der Waals surface area (Å²) in [6, 6.07) is 16.1. The van der Waals surface area contributed by atoms with Crippen molar-refractivity contribution in [3.8, 4) is 28.4 Å². The van der Waals surface area contributed by atoms with Gasteiger partial charge < -0.3 is 14.2 Å². The average Bonchev–Trinajstić information content (AvgIpc) is 2.80. The van der Waals surface area contributed by atoms with Crippen LogP contribution in [0, 0.1) is 5.82 Å². The minimum Gasteiger partial charge on any atom is -0.423 e. The van der Waals surface area contributed by atoms with Gasteiger partial charge in [-0.25, -0.2) is 18.8 Å². The first-order valence-corrected chi connectivity index (χ1v) is 9.71. The van der Waals surface area contributed by atoms with Gasteiger partial charge in [0.15, 0.2) is 0 Å². The van der Waals surface area contributed by atoms with Gasteiger partial charge >= 0.3 is 17.9 Å². The summed E-state index contributed by atoms with van der Waals surface area (Å²) >= 11 is 0. The molecule has 0 fully saturated rings. The summed E-state index contributed by atoms with van der Waals surface area (Å²) in [5.74, 6) is -1.83. The third-order valence-corrected chi connectivity index (χ3v) is 4.35. The van der Waals surface area contributed by atoms with Crippen molar-refractivity contribution in [2.45, 2.75) is 6.92 Å². The van der Waals surface area contributed by atoms with E-state index in [1.807, 2.05) is 0 Å². The smallest absolute Gasteiger partial charge is 0.343 e. The lowest BCUT2D eigenvalue weighted by molar-refractivity contribution is -0.130. The number of hydrogen-bond donors (Lipinski definition) is 0. The minimum atomic E-state index is -0.687. The van der Waals surface area contributed by atoms with Crippen LogP contribution in [0.2, 0.25) is 0 Å². The van der Waals surface area contributed by atoms with Crippen LogP contribution in [0.5, 0.6) is 17.2 Å². The summed E-state index contributed by atoms with van der Waals surface area (Å²) in [7, 11) is 0. The van der Waals surface area contributed by atoms with Crippen LogP contribution in [-0.4, -0.2) is 17.9 Å². The highest BCUT2D eigenvalue weighted by Gasteiger charge is 2.12. The van der Waals surface area contributed by atoms with E-state index in [-0.39, 0.29) is 28.2 Å². The molecule has 0 aliphatic rings. The van der Waals surface area contributed by atoms with E-state index in [1.54, 1.807) is 12.1 Å². The Kier molecular flexibility index (Phi) is 7.15. The highest BCUT2D eigenvalue weighted by atomic mass is 19.1. The lowest BCUT2D eigenvalue weighted by Gasteiger charge is -2.08. The molecule has 0 aliphatic carbocycles. The highest BCUT2D eigenvalue weighted by Crippen LogP contribution is 2.27. The first-order chi connectivity index (χ1) is 15.8. The fraction of sp³-hybridized carbons (Fsp3) is 0.0385. The molecule has 0 atom stereocenters. The normalized spacial score (nSPS) is 10.1. The van der Waals surface area contributed by atoms with Crippen molar-refractivity contribution in [3.05, 3.63) is 103 Å². The zero-order valence-corrected chi connectivity index (χ0v) is 17.7. The third-order valence-electron chi connectivity index (χ3n) is 4.35. The van der Waals surface area contributed by atoms with Crippen LogP contribution in [0.3, 0.4) is 0 Å². The number of hydrogen-bond acceptors (Lipinski definition) is 6. The van der Waals surface area contributed by atoms with Crippen molar-refractivity contribution >= 4 is 17.9 Å². The van der Waals surface area contributed by atoms with Crippen molar-refractivity contribution in [2.24, 2.45) is 0 Å². The molecule has 7 heteroatoms. The first-order valence-electron chi connectivity index (χ1n) is 9.71. The molecule has 3 aromatic rings. The number of esters is 3. The van der Waals surface area contributed by atoms with E-state index in [9.17, 15) is 18.8 Å². The van der Waals surface area contributed by atoms with E-state index in [0.717, 1.165) is 12.1 Å². The molecular formula is C26H19FO6. The van der Waals surface area contributed by atoms with Gasteiger partial charge in [-0.3, -0.25) is 0 Å². The Labute approximate surface area is 189 Å². The first kappa shape index (κ1) is 23.1. The summed E-state index contributed by atoms with van der Waals surface area (Å²) in [6.07, 6.45) is 0.983. The number of carbonyl (C=O) groups excluding carboxylic acids is 3. The zero-order valence-electron chi connectivity index (χ0n) is 17.7. The van der Waals surface area contributed by atoms with Crippen molar-refractivity contribution in [3.63, 3.8) is 0 Å². The molecule has 3 rings (SSSR count). The van der Waals surface area contributed by atoms with Gasteiger partial charge in [0, 0.05) is 23.3 Å². The molecule has 6 nitrogen and oxygen atoms in total. The Morgan fingerprint density at radius 2 is 1.39 bits per heavy atom. The summed E-state index contributed by atoms with van der Waals surface area (Å²) < 4.78 is 29.7. The molecule has 166 valence electrons. The summed E-state index contributed by atoms with van der Waals surface area (Å²) in [4.78, 5) is 35.2. The summed E-state index contributed by atoms with van der Waals surface area (Å²) in [6.45, 7) is 8.33. The van der Waals surface area contributed by atoms with Crippen LogP contribution in [0.25, 0.3) is 11.1 Å². The summed E-state index contributed by atoms with van der Waals surface area (Å²) in [5.41, 5.74) is 1.32. The maximum absolute atomic E-state index is 14.4. The van der Waals surface area contributed by atoms with Gasteiger partial charge in [-0.15, -0.1) is 0 Å². The molecule has 33 heavy (non-hydrogen) atoms. The predicted molar refractivity (Wildman–Crippen MR) is 120 cm³/mol. The van der Waals surface area contributed by atoms with E-state index in [2.05, 4.69) is 13.2 Å². The fourth-order valence-electron chi connectivity index (χ4n) is 2.67. The molecule has 0 N–H and O–H groups in total. The molecule has 0 heterocycles. The Bertz CT molecular complexity index is 1230. The van der Waals surface area contributed by atoms with E-state index in [4.69, 9.17) is 14.2 Å². The molecule has 0 spiro atoms. The molecule has 0 amide bonds. The SMILES string of the molecule is C=CC(=O)Oc1ccc(-c2ccc(C(=O)Oc3ccc(OC(=O)C(=C)C)cc3)cc2)c(F)c1. The van der Waals surface area contributed by atoms with Crippen LogP contribution in [0.1, 0.15) is 17.3 Å². The highest BCUT2D eigenvalue weighted by molar-refractivity contribution is 5.92. The second-order valence-corrected chi connectivity index (χ2v) is 6.87. The molecule has 0 bridgehead atoms. The number of halogens is 1. The van der Waals surface area contributed by atoms with Crippen LogP contribution in [0.4, 0.5) is 4.39 Å².